The Bertz CT molecular complexity index is 766. The van der Waals surface area contributed by atoms with Crippen molar-refractivity contribution in [2.24, 2.45) is 0 Å². The van der Waals surface area contributed by atoms with Crippen molar-refractivity contribution in [3.63, 3.8) is 0 Å². The number of hydrogen-bond donors (Lipinski definition) is 1. The molecule has 6 nitrogen and oxygen atoms in total. The number of thiazole rings is 1. The van der Waals surface area contributed by atoms with E-state index in [-0.39, 0.29) is 11.8 Å². The normalized spacial score (nSPS) is 15.2. The third kappa shape index (κ3) is 4.43. The van der Waals surface area contributed by atoms with Gasteiger partial charge in [-0.1, -0.05) is 12.1 Å². The van der Waals surface area contributed by atoms with Crippen LogP contribution in [0.3, 0.4) is 0 Å². The molecule has 1 aliphatic rings. The van der Waals surface area contributed by atoms with Crippen LogP contribution in [0.25, 0.3) is 0 Å². The van der Waals surface area contributed by atoms with E-state index in [0.29, 0.717) is 24.3 Å². The number of aryl methyl sites for hydroxylation is 1. The first-order chi connectivity index (χ1) is 12.0. The van der Waals surface area contributed by atoms with Crippen LogP contribution in [0.4, 0.5) is 10.5 Å². The Morgan fingerprint density at radius 2 is 1.92 bits per heavy atom. The lowest BCUT2D eigenvalue weighted by atomic mass is 10.1. The van der Waals surface area contributed by atoms with Gasteiger partial charge in [0.05, 0.1) is 16.4 Å². The largest absolute Gasteiger partial charge is 0.322 e. The number of nitrogens with zero attached hydrogens (tertiary/aromatic N) is 3. The monoisotopic (exact) mass is 358 g/mol. The van der Waals surface area contributed by atoms with Crippen molar-refractivity contribution in [1.29, 1.82) is 0 Å². The Hall–Kier alpha value is -2.25. The van der Waals surface area contributed by atoms with Gasteiger partial charge in [0, 0.05) is 43.7 Å². The van der Waals surface area contributed by atoms with Crippen molar-refractivity contribution in [1.82, 2.24) is 14.8 Å². The van der Waals surface area contributed by atoms with Crippen LogP contribution in [-0.4, -0.2) is 52.8 Å². The topological polar surface area (TPSA) is 65.5 Å². The lowest BCUT2D eigenvalue weighted by molar-refractivity contribution is 0.101. The van der Waals surface area contributed by atoms with Gasteiger partial charge in [-0.2, -0.15) is 0 Å². The fraction of sp³-hybridized carbons (Fsp3) is 0.389. The summed E-state index contributed by atoms with van der Waals surface area (Å²) in [6.45, 7) is 7.30. The van der Waals surface area contributed by atoms with Crippen molar-refractivity contribution in [2.45, 2.75) is 20.4 Å². The van der Waals surface area contributed by atoms with Gasteiger partial charge in [0.2, 0.25) is 0 Å². The highest BCUT2D eigenvalue weighted by Crippen LogP contribution is 2.17. The molecule has 0 atom stereocenters. The molecule has 1 aromatic carbocycles. The van der Waals surface area contributed by atoms with Crippen LogP contribution in [0, 0.1) is 6.92 Å². The zero-order chi connectivity index (χ0) is 17.8. The molecule has 2 heterocycles. The number of hydrogen-bond acceptors (Lipinski definition) is 5. The fourth-order valence-corrected chi connectivity index (χ4v) is 3.52. The van der Waals surface area contributed by atoms with Crippen LogP contribution in [-0.2, 0) is 6.54 Å². The zero-order valence-corrected chi connectivity index (χ0v) is 15.3. The lowest BCUT2D eigenvalue weighted by Crippen LogP contribution is -2.49. The van der Waals surface area contributed by atoms with Crippen LogP contribution in [0.5, 0.6) is 0 Å². The average molecular weight is 358 g/mol. The molecule has 1 aromatic heterocycles. The summed E-state index contributed by atoms with van der Waals surface area (Å²) in [5.41, 5.74) is 2.20. The lowest BCUT2D eigenvalue weighted by Gasteiger charge is -2.34. The first-order valence-electron chi connectivity index (χ1n) is 8.32. The number of piperazine rings is 1. The highest BCUT2D eigenvalue weighted by Gasteiger charge is 2.22. The number of Topliss-reactive ketones (excluding diaryl/α,β-unsaturated/α-hetero) is 1. The Morgan fingerprint density at radius 1 is 1.20 bits per heavy atom. The number of para-hydroxylation sites is 1. The van der Waals surface area contributed by atoms with Crippen molar-refractivity contribution in [3.8, 4) is 0 Å². The number of nitrogens with one attached hydrogen (secondary N) is 1. The van der Waals surface area contributed by atoms with E-state index in [1.807, 2.05) is 13.0 Å². The Balaban J connectivity index is 1.54. The van der Waals surface area contributed by atoms with Gasteiger partial charge >= 0.3 is 6.03 Å². The number of ketones is 1. The molecule has 2 amide bonds. The van der Waals surface area contributed by atoms with Crippen molar-refractivity contribution in [2.75, 3.05) is 31.5 Å². The smallest absolute Gasteiger partial charge is 0.321 e. The highest BCUT2D eigenvalue weighted by atomic mass is 32.1. The molecule has 7 heteroatoms. The number of carbonyl (C=O) groups is 2. The van der Waals surface area contributed by atoms with Crippen molar-refractivity contribution in [3.05, 3.63) is 45.9 Å². The Morgan fingerprint density at radius 3 is 2.56 bits per heavy atom. The number of rotatable bonds is 4. The molecule has 132 valence electrons. The number of carbonyl (C=O) groups excluding carboxylic acids is 2. The van der Waals surface area contributed by atoms with Gasteiger partial charge in [0.15, 0.2) is 5.78 Å². The number of aromatic nitrogens is 1. The SMILES string of the molecule is CC(=O)c1ccccc1NC(=O)N1CCN(Cc2csc(C)n2)CC1. The molecule has 0 radical (unpaired) electrons. The maximum atomic E-state index is 12.5. The molecule has 0 saturated carbocycles. The molecule has 0 bridgehead atoms. The molecule has 1 N–H and O–H groups in total. The molecule has 1 fully saturated rings. The number of anilines is 1. The van der Waals surface area contributed by atoms with E-state index in [4.69, 9.17) is 0 Å². The van der Waals surface area contributed by atoms with Crippen LogP contribution in [0.15, 0.2) is 29.6 Å². The fourth-order valence-electron chi connectivity index (χ4n) is 2.91. The molecule has 25 heavy (non-hydrogen) atoms. The predicted molar refractivity (Wildman–Crippen MR) is 99.2 cm³/mol. The van der Waals surface area contributed by atoms with Crippen LogP contribution >= 0.6 is 11.3 Å². The molecule has 1 aliphatic heterocycles. The van der Waals surface area contributed by atoms with E-state index in [1.54, 1.807) is 34.4 Å². The summed E-state index contributed by atoms with van der Waals surface area (Å²) in [7, 11) is 0. The maximum absolute atomic E-state index is 12.5. The van der Waals surface area contributed by atoms with E-state index in [9.17, 15) is 9.59 Å². The van der Waals surface area contributed by atoms with E-state index in [2.05, 4.69) is 20.6 Å². The Labute approximate surface area is 151 Å². The molecule has 0 unspecified atom stereocenters. The highest BCUT2D eigenvalue weighted by molar-refractivity contribution is 7.09. The minimum absolute atomic E-state index is 0.0562. The zero-order valence-electron chi connectivity index (χ0n) is 14.5. The van der Waals surface area contributed by atoms with Gasteiger partial charge in [0.25, 0.3) is 0 Å². The summed E-state index contributed by atoms with van der Waals surface area (Å²) in [6, 6.07) is 6.94. The van der Waals surface area contributed by atoms with E-state index >= 15 is 0 Å². The van der Waals surface area contributed by atoms with Crippen LogP contribution in [0.1, 0.15) is 28.0 Å². The number of benzene rings is 1. The maximum Gasteiger partial charge on any atom is 0.321 e. The van der Waals surface area contributed by atoms with Gasteiger partial charge in [-0.05, 0) is 26.0 Å². The minimum atomic E-state index is -0.155. The molecule has 3 rings (SSSR count). The summed E-state index contributed by atoms with van der Waals surface area (Å²) in [5.74, 6) is -0.0562. The molecule has 0 spiro atoms. The van der Waals surface area contributed by atoms with Gasteiger partial charge in [0.1, 0.15) is 0 Å². The van der Waals surface area contributed by atoms with Gasteiger partial charge in [-0.15, -0.1) is 11.3 Å². The third-order valence-corrected chi connectivity index (χ3v) is 5.08. The second-order valence-electron chi connectivity index (χ2n) is 6.15. The summed E-state index contributed by atoms with van der Waals surface area (Å²) in [6.07, 6.45) is 0. The van der Waals surface area contributed by atoms with Gasteiger partial charge in [-0.3, -0.25) is 9.69 Å². The van der Waals surface area contributed by atoms with Gasteiger partial charge < -0.3 is 10.2 Å². The molecule has 1 saturated heterocycles. The number of amides is 2. The van der Waals surface area contributed by atoms with Crippen LogP contribution in [0.2, 0.25) is 0 Å². The minimum Gasteiger partial charge on any atom is -0.322 e. The summed E-state index contributed by atoms with van der Waals surface area (Å²) >= 11 is 1.66. The standard InChI is InChI=1S/C18H22N4O2S/c1-13(23)16-5-3-4-6-17(16)20-18(24)22-9-7-21(8-10-22)11-15-12-25-14(2)19-15/h3-6,12H,7-11H2,1-2H3,(H,20,24). The van der Waals surface area contributed by atoms with E-state index < -0.39 is 0 Å². The molecular weight excluding hydrogens is 336 g/mol. The summed E-state index contributed by atoms with van der Waals surface area (Å²) < 4.78 is 0. The van der Waals surface area contributed by atoms with E-state index in [1.165, 1.54) is 6.92 Å². The number of urea groups is 1. The van der Waals surface area contributed by atoms with Crippen LogP contribution < -0.4 is 5.32 Å². The summed E-state index contributed by atoms with van der Waals surface area (Å²) in [4.78, 5) is 32.7. The first kappa shape index (κ1) is 17.6. The van der Waals surface area contributed by atoms with Crippen molar-refractivity contribution < 1.29 is 9.59 Å². The van der Waals surface area contributed by atoms with Gasteiger partial charge in [-0.25, -0.2) is 9.78 Å². The van der Waals surface area contributed by atoms with Crippen molar-refractivity contribution >= 4 is 28.8 Å². The quantitative estimate of drug-likeness (QED) is 0.854. The average Bonchev–Trinajstić information content (AvgIpc) is 3.00. The second kappa shape index (κ2) is 7.76. The first-order valence-corrected chi connectivity index (χ1v) is 9.20. The second-order valence-corrected chi connectivity index (χ2v) is 7.22. The predicted octanol–water partition coefficient (Wildman–Crippen LogP) is 3.00. The summed E-state index contributed by atoms with van der Waals surface area (Å²) in [5, 5.41) is 6.04. The third-order valence-electron chi connectivity index (χ3n) is 4.26. The van der Waals surface area contributed by atoms with E-state index in [0.717, 1.165) is 30.3 Å². The molecule has 0 aliphatic carbocycles. The molecule has 2 aromatic rings. The molecular formula is C18H22N4O2S. The Kier molecular flexibility index (Phi) is 5.45.